The fraction of sp³-hybridized carbons (Fsp3) is 0.917. The molecular formula is C12H23N3O2. The predicted molar refractivity (Wildman–Crippen MR) is 65.8 cm³/mol. The normalized spacial score (nSPS) is 30.6. The Morgan fingerprint density at radius 3 is 2.82 bits per heavy atom. The second-order valence-corrected chi connectivity index (χ2v) is 5.12. The van der Waals surface area contributed by atoms with Crippen LogP contribution in [0.2, 0.25) is 0 Å². The van der Waals surface area contributed by atoms with Crippen LogP contribution in [0.3, 0.4) is 0 Å². The molecule has 98 valence electrons. The zero-order chi connectivity index (χ0) is 12.3. The van der Waals surface area contributed by atoms with Crippen LogP contribution >= 0.6 is 0 Å². The van der Waals surface area contributed by atoms with Gasteiger partial charge in [-0.05, 0) is 19.8 Å². The lowest BCUT2D eigenvalue weighted by Gasteiger charge is -2.38. The van der Waals surface area contributed by atoms with Crippen molar-refractivity contribution in [2.24, 2.45) is 5.73 Å². The van der Waals surface area contributed by atoms with Crippen molar-refractivity contribution >= 4 is 6.03 Å². The highest BCUT2D eigenvalue weighted by atomic mass is 16.5. The molecule has 5 nitrogen and oxygen atoms in total. The molecule has 2 aliphatic rings. The third kappa shape index (κ3) is 3.10. The Labute approximate surface area is 103 Å². The molecular weight excluding hydrogens is 218 g/mol. The number of hydrogen-bond acceptors (Lipinski definition) is 3. The standard InChI is InChI=1S/C12H23N3O2/c1-9-8-17-11(6-13)7-15(9)12(16)14-10-4-2-3-5-10/h9-11H,2-8,13H2,1H3,(H,14,16). The Morgan fingerprint density at radius 1 is 1.47 bits per heavy atom. The van der Waals surface area contributed by atoms with Crippen LogP contribution < -0.4 is 11.1 Å². The highest BCUT2D eigenvalue weighted by Crippen LogP contribution is 2.19. The SMILES string of the molecule is CC1COC(CN)CN1C(=O)NC1CCCC1. The quantitative estimate of drug-likeness (QED) is 0.747. The zero-order valence-electron chi connectivity index (χ0n) is 10.5. The van der Waals surface area contributed by atoms with Gasteiger partial charge in [-0.15, -0.1) is 0 Å². The number of ether oxygens (including phenoxy) is 1. The molecule has 0 aromatic heterocycles. The van der Waals surface area contributed by atoms with E-state index in [0.717, 1.165) is 12.8 Å². The second-order valence-electron chi connectivity index (χ2n) is 5.12. The highest BCUT2D eigenvalue weighted by Gasteiger charge is 2.30. The summed E-state index contributed by atoms with van der Waals surface area (Å²) >= 11 is 0. The highest BCUT2D eigenvalue weighted by molar-refractivity contribution is 5.75. The summed E-state index contributed by atoms with van der Waals surface area (Å²) in [6, 6.07) is 0.555. The summed E-state index contributed by atoms with van der Waals surface area (Å²) in [5.74, 6) is 0. The van der Waals surface area contributed by atoms with Crippen LogP contribution in [0.1, 0.15) is 32.6 Å². The summed E-state index contributed by atoms with van der Waals surface area (Å²) in [6.45, 7) is 3.68. The number of carbonyl (C=O) groups excluding carboxylic acids is 1. The first-order chi connectivity index (χ1) is 8.20. The van der Waals surface area contributed by atoms with E-state index in [1.807, 2.05) is 11.8 Å². The van der Waals surface area contributed by atoms with Crippen molar-refractivity contribution in [3.63, 3.8) is 0 Å². The molecule has 2 fully saturated rings. The predicted octanol–water partition coefficient (Wildman–Crippen LogP) is 0.687. The van der Waals surface area contributed by atoms with Gasteiger partial charge in [0.1, 0.15) is 0 Å². The van der Waals surface area contributed by atoms with E-state index in [1.54, 1.807) is 0 Å². The average molecular weight is 241 g/mol. The van der Waals surface area contributed by atoms with E-state index in [4.69, 9.17) is 10.5 Å². The third-order valence-corrected chi connectivity index (χ3v) is 3.71. The molecule has 1 saturated carbocycles. The van der Waals surface area contributed by atoms with Crippen LogP contribution in [-0.2, 0) is 4.74 Å². The molecule has 5 heteroatoms. The van der Waals surface area contributed by atoms with Gasteiger partial charge in [-0.25, -0.2) is 4.79 Å². The maximum atomic E-state index is 12.1. The van der Waals surface area contributed by atoms with Gasteiger partial charge in [-0.2, -0.15) is 0 Å². The van der Waals surface area contributed by atoms with Gasteiger partial charge in [0, 0.05) is 12.6 Å². The summed E-state index contributed by atoms with van der Waals surface area (Å²) in [6.07, 6.45) is 4.68. The number of rotatable bonds is 2. The molecule has 0 aromatic rings. The van der Waals surface area contributed by atoms with Crippen LogP contribution in [0.15, 0.2) is 0 Å². The Hall–Kier alpha value is -0.810. The summed E-state index contributed by atoms with van der Waals surface area (Å²) in [5, 5.41) is 3.11. The average Bonchev–Trinajstić information content (AvgIpc) is 2.82. The summed E-state index contributed by atoms with van der Waals surface area (Å²) in [7, 11) is 0. The van der Waals surface area contributed by atoms with E-state index >= 15 is 0 Å². The topological polar surface area (TPSA) is 67.6 Å². The molecule has 0 bridgehead atoms. The van der Waals surface area contributed by atoms with Gasteiger partial charge in [0.25, 0.3) is 0 Å². The van der Waals surface area contributed by atoms with Gasteiger partial charge < -0.3 is 20.7 Å². The second kappa shape index (κ2) is 5.69. The molecule has 0 spiro atoms. The lowest BCUT2D eigenvalue weighted by Crippen LogP contribution is -2.56. The van der Waals surface area contributed by atoms with Gasteiger partial charge in [0.05, 0.1) is 25.3 Å². The van der Waals surface area contributed by atoms with E-state index in [9.17, 15) is 4.79 Å². The first-order valence-corrected chi connectivity index (χ1v) is 6.59. The van der Waals surface area contributed by atoms with E-state index in [0.29, 0.717) is 25.7 Å². The summed E-state index contributed by atoms with van der Waals surface area (Å²) in [4.78, 5) is 14.0. The molecule has 2 unspecified atom stereocenters. The number of amides is 2. The summed E-state index contributed by atoms with van der Waals surface area (Å²) in [5.41, 5.74) is 5.59. The molecule has 1 aliphatic heterocycles. The van der Waals surface area contributed by atoms with Gasteiger partial charge >= 0.3 is 6.03 Å². The van der Waals surface area contributed by atoms with Crippen molar-refractivity contribution in [2.75, 3.05) is 19.7 Å². The van der Waals surface area contributed by atoms with Crippen molar-refractivity contribution in [1.82, 2.24) is 10.2 Å². The number of nitrogens with zero attached hydrogens (tertiary/aromatic N) is 1. The number of nitrogens with two attached hydrogens (primary N) is 1. The van der Waals surface area contributed by atoms with E-state index in [1.165, 1.54) is 12.8 Å². The minimum Gasteiger partial charge on any atom is -0.373 e. The molecule has 0 radical (unpaired) electrons. The summed E-state index contributed by atoms with van der Waals surface area (Å²) < 4.78 is 5.54. The smallest absolute Gasteiger partial charge is 0.318 e. The maximum Gasteiger partial charge on any atom is 0.318 e. The molecule has 1 heterocycles. The van der Waals surface area contributed by atoms with Crippen LogP contribution in [0.4, 0.5) is 4.79 Å². The van der Waals surface area contributed by atoms with Crippen LogP contribution in [0.5, 0.6) is 0 Å². The van der Waals surface area contributed by atoms with Crippen molar-refractivity contribution in [2.45, 2.75) is 50.8 Å². The van der Waals surface area contributed by atoms with Crippen LogP contribution in [-0.4, -0.2) is 48.8 Å². The Morgan fingerprint density at radius 2 is 2.18 bits per heavy atom. The van der Waals surface area contributed by atoms with Crippen LogP contribution in [0, 0.1) is 0 Å². The van der Waals surface area contributed by atoms with Crippen LogP contribution in [0.25, 0.3) is 0 Å². The minimum atomic E-state index is -0.0134. The first-order valence-electron chi connectivity index (χ1n) is 6.59. The van der Waals surface area contributed by atoms with Crippen molar-refractivity contribution in [3.05, 3.63) is 0 Å². The molecule has 2 atom stereocenters. The van der Waals surface area contributed by atoms with Crippen molar-refractivity contribution < 1.29 is 9.53 Å². The zero-order valence-corrected chi connectivity index (χ0v) is 10.5. The Kier molecular flexibility index (Phi) is 4.23. The van der Waals surface area contributed by atoms with Crippen molar-refractivity contribution in [1.29, 1.82) is 0 Å². The third-order valence-electron chi connectivity index (χ3n) is 3.71. The van der Waals surface area contributed by atoms with E-state index in [-0.39, 0.29) is 18.2 Å². The van der Waals surface area contributed by atoms with E-state index in [2.05, 4.69) is 5.32 Å². The largest absolute Gasteiger partial charge is 0.373 e. The molecule has 1 aliphatic carbocycles. The molecule has 3 N–H and O–H groups in total. The van der Waals surface area contributed by atoms with E-state index < -0.39 is 0 Å². The molecule has 0 aromatic carbocycles. The lowest BCUT2D eigenvalue weighted by atomic mass is 10.2. The number of urea groups is 1. The number of nitrogens with one attached hydrogen (secondary N) is 1. The maximum absolute atomic E-state index is 12.1. The Bertz CT molecular complexity index is 266. The molecule has 17 heavy (non-hydrogen) atoms. The van der Waals surface area contributed by atoms with Gasteiger partial charge in [-0.3, -0.25) is 0 Å². The van der Waals surface area contributed by atoms with Gasteiger partial charge in [-0.1, -0.05) is 12.8 Å². The number of hydrogen-bond donors (Lipinski definition) is 2. The van der Waals surface area contributed by atoms with Crippen molar-refractivity contribution in [3.8, 4) is 0 Å². The number of carbonyl (C=O) groups is 1. The molecule has 2 amide bonds. The minimum absolute atomic E-state index is 0.0134. The number of morpholine rings is 1. The lowest BCUT2D eigenvalue weighted by molar-refractivity contribution is -0.0365. The fourth-order valence-corrected chi connectivity index (χ4v) is 2.57. The molecule has 1 saturated heterocycles. The fourth-order valence-electron chi connectivity index (χ4n) is 2.57. The van der Waals surface area contributed by atoms with Gasteiger partial charge in [0.2, 0.25) is 0 Å². The monoisotopic (exact) mass is 241 g/mol. The first kappa shape index (κ1) is 12.6. The molecule has 2 rings (SSSR count). The van der Waals surface area contributed by atoms with Gasteiger partial charge in [0.15, 0.2) is 0 Å². The Balaban J connectivity index is 1.87.